The molecular formula is C16H18F3N7O. The van der Waals surface area contributed by atoms with E-state index in [1.165, 1.54) is 4.90 Å². The van der Waals surface area contributed by atoms with Crippen LogP contribution in [0.4, 0.5) is 29.6 Å². The highest BCUT2D eigenvalue weighted by molar-refractivity contribution is 5.88. The third-order valence-corrected chi connectivity index (χ3v) is 4.40. The van der Waals surface area contributed by atoms with Crippen LogP contribution in [0.25, 0.3) is 0 Å². The fraction of sp³-hybridized carbons (Fsp3) is 0.438. The normalized spacial score (nSPS) is 15.5. The lowest BCUT2D eigenvalue weighted by Crippen LogP contribution is -2.47. The van der Waals surface area contributed by atoms with E-state index in [9.17, 15) is 18.0 Å². The number of anilines is 2. The summed E-state index contributed by atoms with van der Waals surface area (Å²) >= 11 is 0. The van der Waals surface area contributed by atoms with E-state index < -0.39 is 17.9 Å². The van der Waals surface area contributed by atoms with E-state index in [1.807, 2.05) is 12.1 Å². The molecule has 3 heterocycles. The van der Waals surface area contributed by atoms with Crippen molar-refractivity contribution in [2.75, 3.05) is 30.4 Å². The smallest absolute Gasteiger partial charge is 0.355 e. The molecule has 1 N–H and O–H groups in total. The highest BCUT2D eigenvalue weighted by Gasteiger charge is 2.33. The first kappa shape index (κ1) is 18.8. The molecule has 2 amide bonds. The molecule has 11 heteroatoms. The van der Waals surface area contributed by atoms with E-state index in [-0.39, 0.29) is 11.9 Å². The van der Waals surface area contributed by atoms with Crippen molar-refractivity contribution in [3.63, 3.8) is 0 Å². The number of rotatable bonds is 3. The molecule has 1 aliphatic rings. The molecule has 1 saturated heterocycles. The Hall–Kier alpha value is -2.98. The first-order valence-corrected chi connectivity index (χ1v) is 8.32. The van der Waals surface area contributed by atoms with Crippen LogP contribution in [0.3, 0.4) is 0 Å². The maximum Gasteiger partial charge on any atom is 0.435 e. The van der Waals surface area contributed by atoms with E-state index in [2.05, 4.69) is 30.6 Å². The summed E-state index contributed by atoms with van der Waals surface area (Å²) in [7, 11) is 1.65. The van der Waals surface area contributed by atoms with Gasteiger partial charge in [-0.15, -0.1) is 15.3 Å². The standard InChI is InChI=1S/C16H18F3N7O/c1-25(11-6-9-26(10-7-11)14-3-2-8-20-24-14)15(27)21-13-5-4-12(22-23-13)16(17,18)19/h2-5,8,11H,6-7,9-10H2,1H3,(H,21,23,27). The van der Waals surface area contributed by atoms with Crippen LogP contribution in [0.15, 0.2) is 30.5 Å². The molecule has 0 aliphatic carbocycles. The minimum absolute atomic E-state index is 0.000305. The Morgan fingerprint density at radius 3 is 2.48 bits per heavy atom. The van der Waals surface area contributed by atoms with Crippen molar-refractivity contribution in [3.8, 4) is 0 Å². The fourth-order valence-corrected chi connectivity index (χ4v) is 2.86. The zero-order valence-electron chi connectivity index (χ0n) is 14.5. The number of piperidine rings is 1. The van der Waals surface area contributed by atoms with E-state index in [0.717, 1.165) is 43.9 Å². The summed E-state index contributed by atoms with van der Waals surface area (Å²) in [6, 6.07) is 5.12. The summed E-state index contributed by atoms with van der Waals surface area (Å²) < 4.78 is 37.5. The average Bonchev–Trinajstić information content (AvgIpc) is 2.68. The molecule has 27 heavy (non-hydrogen) atoms. The molecule has 2 aromatic heterocycles. The predicted octanol–water partition coefficient (Wildman–Crippen LogP) is 2.42. The topological polar surface area (TPSA) is 87.1 Å². The highest BCUT2D eigenvalue weighted by Crippen LogP contribution is 2.27. The van der Waals surface area contributed by atoms with Crippen LogP contribution in [-0.2, 0) is 6.18 Å². The van der Waals surface area contributed by atoms with Gasteiger partial charge in [0.2, 0.25) is 0 Å². The van der Waals surface area contributed by atoms with E-state index in [1.54, 1.807) is 13.2 Å². The summed E-state index contributed by atoms with van der Waals surface area (Å²) in [6.07, 6.45) is -1.49. The number of hydrogen-bond acceptors (Lipinski definition) is 6. The molecule has 1 aliphatic heterocycles. The van der Waals surface area contributed by atoms with Gasteiger partial charge in [-0.3, -0.25) is 5.32 Å². The second-order valence-corrected chi connectivity index (χ2v) is 6.14. The summed E-state index contributed by atoms with van der Waals surface area (Å²) in [5.41, 5.74) is -1.11. The number of carbonyl (C=O) groups excluding carboxylic acids is 1. The molecule has 2 aromatic rings. The molecule has 0 bridgehead atoms. The Kier molecular flexibility index (Phi) is 5.38. The van der Waals surface area contributed by atoms with Crippen molar-refractivity contribution in [2.45, 2.75) is 25.1 Å². The van der Waals surface area contributed by atoms with Crippen LogP contribution in [0.2, 0.25) is 0 Å². The quantitative estimate of drug-likeness (QED) is 0.879. The highest BCUT2D eigenvalue weighted by atomic mass is 19.4. The van der Waals surface area contributed by atoms with E-state index >= 15 is 0 Å². The van der Waals surface area contributed by atoms with Gasteiger partial charge in [-0.1, -0.05) is 0 Å². The summed E-state index contributed by atoms with van der Waals surface area (Å²) in [4.78, 5) is 16.0. The van der Waals surface area contributed by atoms with Gasteiger partial charge < -0.3 is 9.80 Å². The SMILES string of the molecule is CN(C(=O)Nc1ccc(C(F)(F)F)nn1)C1CCN(c2cccnn2)CC1. The van der Waals surface area contributed by atoms with Crippen LogP contribution in [0, 0.1) is 0 Å². The zero-order valence-corrected chi connectivity index (χ0v) is 14.5. The number of aromatic nitrogens is 4. The lowest BCUT2D eigenvalue weighted by molar-refractivity contribution is -0.141. The van der Waals surface area contributed by atoms with Crippen LogP contribution in [0.5, 0.6) is 0 Å². The Bertz CT molecular complexity index is 762. The number of alkyl halides is 3. The number of carbonyl (C=O) groups is 1. The molecule has 0 unspecified atom stereocenters. The Morgan fingerprint density at radius 1 is 1.19 bits per heavy atom. The fourth-order valence-electron chi connectivity index (χ4n) is 2.86. The van der Waals surface area contributed by atoms with Gasteiger partial charge in [-0.2, -0.15) is 18.3 Å². The van der Waals surface area contributed by atoms with Crippen LogP contribution >= 0.6 is 0 Å². The largest absolute Gasteiger partial charge is 0.435 e. The molecular weight excluding hydrogens is 363 g/mol. The molecule has 0 saturated carbocycles. The third kappa shape index (κ3) is 4.60. The Labute approximate surface area is 153 Å². The Balaban J connectivity index is 1.54. The van der Waals surface area contributed by atoms with Crippen molar-refractivity contribution in [3.05, 3.63) is 36.2 Å². The van der Waals surface area contributed by atoms with Crippen molar-refractivity contribution in [1.29, 1.82) is 0 Å². The molecule has 0 radical (unpaired) electrons. The maximum atomic E-state index is 12.5. The van der Waals surface area contributed by atoms with Gasteiger partial charge in [0.15, 0.2) is 17.3 Å². The second-order valence-electron chi connectivity index (χ2n) is 6.14. The second kappa shape index (κ2) is 7.72. The van der Waals surface area contributed by atoms with Crippen LogP contribution in [-0.4, -0.2) is 57.5 Å². The molecule has 144 valence electrons. The summed E-state index contributed by atoms with van der Waals surface area (Å²) in [5.74, 6) is 0.764. The van der Waals surface area contributed by atoms with Crippen LogP contribution < -0.4 is 10.2 Å². The minimum atomic E-state index is -4.57. The lowest BCUT2D eigenvalue weighted by Gasteiger charge is -2.36. The van der Waals surface area contributed by atoms with Gasteiger partial charge >= 0.3 is 12.2 Å². The first-order valence-electron chi connectivity index (χ1n) is 8.32. The average molecular weight is 381 g/mol. The van der Waals surface area contributed by atoms with Crippen molar-refractivity contribution >= 4 is 17.7 Å². The number of nitrogens with one attached hydrogen (secondary N) is 1. The van der Waals surface area contributed by atoms with Crippen LogP contribution in [0.1, 0.15) is 18.5 Å². The van der Waals surface area contributed by atoms with E-state index in [4.69, 9.17) is 0 Å². The molecule has 0 atom stereocenters. The number of nitrogens with zero attached hydrogens (tertiary/aromatic N) is 6. The number of amides is 2. The monoisotopic (exact) mass is 381 g/mol. The molecule has 0 aromatic carbocycles. The lowest BCUT2D eigenvalue weighted by atomic mass is 10.0. The predicted molar refractivity (Wildman–Crippen MR) is 91.1 cm³/mol. The van der Waals surface area contributed by atoms with E-state index in [0.29, 0.717) is 0 Å². The molecule has 8 nitrogen and oxygen atoms in total. The molecule has 1 fully saturated rings. The summed E-state index contributed by atoms with van der Waals surface area (Å²) in [5, 5.41) is 16.9. The van der Waals surface area contributed by atoms with Crippen molar-refractivity contribution < 1.29 is 18.0 Å². The van der Waals surface area contributed by atoms with Gasteiger partial charge in [0, 0.05) is 32.4 Å². The van der Waals surface area contributed by atoms with Crippen molar-refractivity contribution in [1.82, 2.24) is 25.3 Å². The maximum absolute atomic E-state index is 12.5. The van der Waals surface area contributed by atoms with Crippen molar-refractivity contribution in [2.24, 2.45) is 0 Å². The first-order chi connectivity index (χ1) is 12.8. The number of urea groups is 1. The van der Waals surface area contributed by atoms with Gasteiger partial charge in [-0.25, -0.2) is 4.79 Å². The van der Waals surface area contributed by atoms with Gasteiger partial charge in [0.1, 0.15) is 0 Å². The van der Waals surface area contributed by atoms with Gasteiger partial charge in [0.25, 0.3) is 0 Å². The molecule has 0 spiro atoms. The third-order valence-electron chi connectivity index (χ3n) is 4.40. The zero-order chi connectivity index (χ0) is 19.4. The number of hydrogen-bond donors (Lipinski definition) is 1. The number of halogens is 3. The molecule has 3 rings (SSSR count). The summed E-state index contributed by atoms with van der Waals surface area (Å²) in [6.45, 7) is 1.45. The minimum Gasteiger partial charge on any atom is -0.355 e. The van der Waals surface area contributed by atoms with Gasteiger partial charge in [-0.05, 0) is 37.1 Å². The van der Waals surface area contributed by atoms with Gasteiger partial charge in [0.05, 0.1) is 0 Å². The Morgan fingerprint density at radius 2 is 1.93 bits per heavy atom.